The van der Waals surface area contributed by atoms with E-state index in [-0.39, 0.29) is 11.9 Å². The average molecular weight is 243 g/mol. The number of benzene rings is 1. The molecule has 2 aromatic rings. The Morgan fingerprint density at radius 2 is 2.11 bits per heavy atom. The van der Waals surface area contributed by atoms with E-state index in [2.05, 4.69) is 20.5 Å². The first kappa shape index (κ1) is 12.1. The quantitative estimate of drug-likeness (QED) is 0.821. The van der Waals surface area contributed by atoms with E-state index in [1.54, 1.807) is 12.1 Å². The summed E-state index contributed by atoms with van der Waals surface area (Å²) in [6.45, 7) is 0.494. The molecule has 0 fully saturated rings. The SMILES string of the molecule is NCCc1ccccc1C(=O)Nc1nccnn1. The Bertz CT molecular complexity index is 529. The molecule has 0 aliphatic heterocycles. The lowest BCUT2D eigenvalue weighted by molar-refractivity contribution is 0.102. The molecule has 6 heteroatoms. The predicted octanol–water partition coefficient (Wildman–Crippen LogP) is 0.625. The largest absolute Gasteiger partial charge is 0.330 e. The molecule has 0 radical (unpaired) electrons. The third-order valence-electron chi connectivity index (χ3n) is 2.38. The number of nitrogens with zero attached hydrogens (tertiary/aromatic N) is 3. The molecule has 18 heavy (non-hydrogen) atoms. The van der Waals surface area contributed by atoms with Crippen LogP contribution in [0.4, 0.5) is 5.95 Å². The van der Waals surface area contributed by atoms with E-state index in [1.165, 1.54) is 12.4 Å². The molecule has 0 bridgehead atoms. The summed E-state index contributed by atoms with van der Waals surface area (Å²) in [5.41, 5.74) is 7.00. The third-order valence-corrected chi connectivity index (χ3v) is 2.38. The molecular weight excluding hydrogens is 230 g/mol. The summed E-state index contributed by atoms with van der Waals surface area (Å²) in [5.74, 6) is -0.0721. The van der Waals surface area contributed by atoms with Crippen molar-refractivity contribution in [3.8, 4) is 0 Å². The topological polar surface area (TPSA) is 93.8 Å². The van der Waals surface area contributed by atoms with Gasteiger partial charge in [0, 0.05) is 5.56 Å². The van der Waals surface area contributed by atoms with Crippen LogP contribution in [0.15, 0.2) is 36.7 Å². The fraction of sp³-hybridized carbons (Fsp3) is 0.167. The van der Waals surface area contributed by atoms with Crippen LogP contribution in [0.25, 0.3) is 0 Å². The van der Waals surface area contributed by atoms with Gasteiger partial charge < -0.3 is 5.73 Å². The van der Waals surface area contributed by atoms with Gasteiger partial charge in [0.25, 0.3) is 5.91 Å². The zero-order valence-corrected chi connectivity index (χ0v) is 9.71. The minimum atomic E-state index is -0.257. The van der Waals surface area contributed by atoms with E-state index < -0.39 is 0 Å². The number of hydrogen-bond acceptors (Lipinski definition) is 5. The average Bonchev–Trinajstić information content (AvgIpc) is 2.41. The number of rotatable bonds is 4. The van der Waals surface area contributed by atoms with Gasteiger partial charge in [-0.25, -0.2) is 4.98 Å². The summed E-state index contributed by atoms with van der Waals surface area (Å²) in [4.78, 5) is 15.9. The summed E-state index contributed by atoms with van der Waals surface area (Å²) in [5, 5.41) is 9.94. The number of nitrogens with two attached hydrogens (primary N) is 1. The van der Waals surface area contributed by atoms with Crippen LogP contribution in [-0.2, 0) is 6.42 Å². The maximum Gasteiger partial charge on any atom is 0.258 e. The van der Waals surface area contributed by atoms with Crippen molar-refractivity contribution < 1.29 is 4.79 Å². The number of carbonyl (C=O) groups is 1. The van der Waals surface area contributed by atoms with Crippen LogP contribution in [0, 0.1) is 0 Å². The Balaban J connectivity index is 2.19. The molecule has 0 saturated heterocycles. The molecular formula is C12H13N5O. The lowest BCUT2D eigenvalue weighted by Gasteiger charge is -2.07. The van der Waals surface area contributed by atoms with E-state index >= 15 is 0 Å². The number of carbonyl (C=O) groups excluding carboxylic acids is 1. The Kier molecular flexibility index (Phi) is 3.93. The standard InChI is InChI=1S/C12H13N5O/c13-6-5-9-3-1-2-4-10(9)11(18)16-12-14-7-8-15-17-12/h1-4,7-8H,5-6,13H2,(H,14,16,17,18). The molecule has 1 amide bonds. The van der Waals surface area contributed by atoms with Gasteiger partial charge in [0.15, 0.2) is 0 Å². The number of nitrogens with one attached hydrogen (secondary N) is 1. The van der Waals surface area contributed by atoms with Gasteiger partial charge in [-0.1, -0.05) is 18.2 Å². The van der Waals surface area contributed by atoms with E-state index in [9.17, 15) is 4.79 Å². The molecule has 0 aliphatic carbocycles. The molecule has 0 unspecified atom stereocenters. The zero-order chi connectivity index (χ0) is 12.8. The van der Waals surface area contributed by atoms with E-state index in [1.807, 2.05) is 12.1 Å². The van der Waals surface area contributed by atoms with Crippen LogP contribution in [-0.4, -0.2) is 27.6 Å². The maximum atomic E-state index is 12.1. The Hall–Kier alpha value is -2.34. The van der Waals surface area contributed by atoms with Crippen LogP contribution in [0.3, 0.4) is 0 Å². The summed E-state index contributed by atoms with van der Waals surface area (Å²) in [6, 6.07) is 7.31. The highest BCUT2D eigenvalue weighted by Crippen LogP contribution is 2.10. The van der Waals surface area contributed by atoms with E-state index in [0.717, 1.165) is 5.56 Å². The first-order chi connectivity index (χ1) is 8.81. The first-order valence-electron chi connectivity index (χ1n) is 5.54. The second-order valence-electron chi connectivity index (χ2n) is 3.62. The van der Waals surface area contributed by atoms with Gasteiger partial charge in [0.1, 0.15) is 0 Å². The molecule has 0 saturated carbocycles. The summed E-state index contributed by atoms with van der Waals surface area (Å²) >= 11 is 0. The predicted molar refractivity (Wildman–Crippen MR) is 67.0 cm³/mol. The highest BCUT2D eigenvalue weighted by Gasteiger charge is 2.11. The van der Waals surface area contributed by atoms with Crippen molar-refractivity contribution in [2.75, 3.05) is 11.9 Å². The second kappa shape index (κ2) is 5.83. The van der Waals surface area contributed by atoms with Crippen molar-refractivity contribution in [1.82, 2.24) is 15.2 Å². The van der Waals surface area contributed by atoms with Gasteiger partial charge in [0.2, 0.25) is 5.95 Å². The molecule has 1 aromatic heterocycles. The van der Waals surface area contributed by atoms with Gasteiger partial charge in [-0.05, 0) is 24.6 Å². The molecule has 1 heterocycles. The van der Waals surface area contributed by atoms with Crippen LogP contribution in [0.2, 0.25) is 0 Å². The van der Waals surface area contributed by atoms with E-state index in [4.69, 9.17) is 5.73 Å². The number of anilines is 1. The van der Waals surface area contributed by atoms with Crippen molar-refractivity contribution in [2.24, 2.45) is 5.73 Å². The molecule has 3 N–H and O–H groups in total. The fourth-order valence-corrected chi connectivity index (χ4v) is 1.59. The Morgan fingerprint density at radius 1 is 1.28 bits per heavy atom. The number of aromatic nitrogens is 3. The lowest BCUT2D eigenvalue weighted by Crippen LogP contribution is -2.17. The van der Waals surface area contributed by atoms with Crippen molar-refractivity contribution in [2.45, 2.75) is 6.42 Å². The normalized spacial score (nSPS) is 10.1. The Morgan fingerprint density at radius 3 is 2.83 bits per heavy atom. The molecule has 0 aliphatic rings. The van der Waals surface area contributed by atoms with Crippen molar-refractivity contribution in [3.63, 3.8) is 0 Å². The molecule has 92 valence electrons. The van der Waals surface area contributed by atoms with Crippen molar-refractivity contribution in [3.05, 3.63) is 47.8 Å². The number of amides is 1. The molecule has 6 nitrogen and oxygen atoms in total. The number of hydrogen-bond donors (Lipinski definition) is 2. The molecule has 1 aromatic carbocycles. The third kappa shape index (κ3) is 2.86. The minimum absolute atomic E-state index is 0.185. The van der Waals surface area contributed by atoms with Gasteiger partial charge in [-0.2, -0.15) is 5.10 Å². The highest BCUT2D eigenvalue weighted by molar-refractivity contribution is 6.04. The zero-order valence-electron chi connectivity index (χ0n) is 9.71. The molecule has 2 rings (SSSR count). The van der Waals surface area contributed by atoms with Gasteiger partial charge in [-0.3, -0.25) is 10.1 Å². The Labute approximate surface area is 104 Å². The summed E-state index contributed by atoms with van der Waals surface area (Å²) < 4.78 is 0. The molecule has 0 spiro atoms. The summed E-state index contributed by atoms with van der Waals surface area (Å²) in [7, 11) is 0. The van der Waals surface area contributed by atoms with Gasteiger partial charge in [0.05, 0.1) is 12.4 Å². The minimum Gasteiger partial charge on any atom is -0.330 e. The van der Waals surface area contributed by atoms with Crippen molar-refractivity contribution in [1.29, 1.82) is 0 Å². The highest BCUT2D eigenvalue weighted by atomic mass is 16.1. The smallest absolute Gasteiger partial charge is 0.258 e. The summed E-state index contributed by atoms with van der Waals surface area (Å²) in [6.07, 6.45) is 3.56. The fourth-order valence-electron chi connectivity index (χ4n) is 1.59. The maximum absolute atomic E-state index is 12.1. The van der Waals surface area contributed by atoms with Crippen LogP contribution >= 0.6 is 0 Å². The second-order valence-corrected chi connectivity index (χ2v) is 3.62. The van der Waals surface area contributed by atoms with Crippen LogP contribution in [0.1, 0.15) is 15.9 Å². The van der Waals surface area contributed by atoms with E-state index in [0.29, 0.717) is 18.5 Å². The monoisotopic (exact) mass is 243 g/mol. The van der Waals surface area contributed by atoms with Crippen LogP contribution < -0.4 is 11.1 Å². The lowest BCUT2D eigenvalue weighted by atomic mass is 10.0. The van der Waals surface area contributed by atoms with Gasteiger partial charge >= 0.3 is 0 Å². The van der Waals surface area contributed by atoms with Crippen LogP contribution in [0.5, 0.6) is 0 Å². The first-order valence-corrected chi connectivity index (χ1v) is 5.54. The van der Waals surface area contributed by atoms with Gasteiger partial charge in [-0.15, -0.1) is 5.10 Å². The van der Waals surface area contributed by atoms with Crippen molar-refractivity contribution >= 4 is 11.9 Å². The molecule has 0 atom stereocenters.